The van der Waals surface area contributed by atoms with Crippen LogP contribution in [0.2, 0.25) is 0 Å². The zero-order chi connectivity index (χ0) is 34.8. The van der Waals surface area contributed by atoms with Gasteiger partial charge in [-0.1, -0.05) is 42.5 Å². The molecule has 8 rings (SSSR count). The Morgan fingerprint density at radius 3 is 2.55 bits per heavy atom. The van der Waals surface area contributed by atoms with E-state index in [9.17, 15) is 9.59 Å². The van der Waals surface area contributed by atoms with Crippen molar-refractivity contribution in [1.82, 2.24) is 4.98 Å². The molecule has 1 N–H and O–H groups in total. The lowest BCUT2D eigenvalue weighted by Crippen LogP contribution is -2.59. The molecular weight excluding hydrogens is 635 g/mol. The maximum atomic E-state index is 14.0. The fourth-order valence-corrected chi connectivity index (χ4v) is 7.78. The Morgan fingerprint density at radius 2 is 1.73 bits per heavy atom. The van der Waals surface area contributed by atoms with Crippen LogP contribution in [-0.2, 0) is 17.6 Å². The first-order chi connectivity index (χ1) is 24.9. The van der Waals surface area contributed by atoms with Crippen LogP contribution in [0.1, 0.15) is 68.8 Å². The van der Waals surface area contributed by atoms with Crippen molar-refractivity contribution < 1.29 is 14.3 Å². The lowest BCUT2D eigenvalue weighted by molar-refractivity contribution is -0.000519. The zero-order valence-corrected chi connectivity index (χ0v) is 29.1. The van der Waals surface area contributed by atoms with Gasteiger partial charge in [0.2, 0.25) is 0 Å². The minimum absolute atomic E-state index is 0.0787. The van der Waals surface area contributed by atoms with E-state index in [1.54, 1.807) is 12.1 Å². The number of hydrogen-bond acceptors (Lipinski definition) is 6. The Morgan fingerprint density at radius 1 is 0.941 bits per heavy atom. The summed E-state index contributed by atoms with van der Waals surface area (Å²) in [6.07, 6.45) is 13.8. The third kappa shape index (κ3) is 6.88. The highest BCUT2D eigenvalue weighted by molar-refractivity contribution is 6.09. The van der Waals surface area contributed by atoms with Crippen molar-refractivity contribution in [2.45, 2.75) is 45.4 Å². The summed E-state index contributed by atoms with van der Waals surface area (Å²) >= 11 is 0. The summed E-state index contributed by atoms with van der Waals surface area (Å²) in [5.41, 5.74) is 9.47. The topological polar surface area (TPSA) is 87.1 Å². The number of allylic oxidation sites excluding steroid dienone is 2. The smallest absolute Gasteiger partial charge is 0.259 e. The number of aliphatic imine (C=N–C) groups is 1. The number of hydrogen-bond donors (Lipinski definition) is 1. The van der Waals surface area contributed by atoms with E-state index in [1.807, 2.05) is 71.8 Å². The number of rotatable bonds is 7. The molecular formula is C43H43N5O3. The number of carbonyl (C=O) groups excluding carboxylic acids is 2. The number of aromatic nitrogens is 1. The number of amides is 2. The van der Waals surface area contributed by atoms with Gasteiger partial charge in [0.15, 0.2) is 0 Å². The second-order valence-electron chi connectivity index (χ2n) is 14.2. The quantitative estimate of drug-likeness (QED) is 0.200. The van der Waals surface area contributed by atoms with E-state index < -0.39 is 0 Å². The summed E-state index contributed by atoms with van der Waals surface area (Å²) in [6, 6.07) is 25.3. The van der Waals surface area contributed by atoms with E-state index in [0.717, 1.165) is 98.0 Å². The number of carbonyl (C=O) groups is 2. The largest absolute Gasteiger partial charge is 0.381 e. The average molecular weight is 678 g/mol. The molecule has 2 saturated heterocycles. The second-order valence-corrected chi connectivity index (χ2v) is 14.2. The van der Waals surface area contributed by atoms with Crippen LogP contribution >= 0.6 is 0 Å². The predicted octanol–water partition coefficient (Wildman–Crippen LogP) is 8.14. The van der Waals surface area contributed by atoms with Crippen molar-refractivity contribution in [3.63, 3.8) is 0 Å². The number of para-hydroxylation sites is 2. The number of pyridine rings is 1. The molecule has 0 radical (unpaired) electrons. The number of anilines is 3. The van der Waals surface area contributed by atoms with E-state index in [0.29, 0.717) is 29.8 Å². The Kier molecular flexibility index (Phi) is 9.09. The molecule has 2 amide bonds. The molecule has 258 valence electrons. The van der Waals surface area contributed by atoms with Gasteiger partial charge in [-0.05, 0) is 122 Å². The Hall–Kier alpha value is -5.34. The molecule has 8 heteroatoms. The van der Waals surface area contributed by atoms with Gasteiger partial charge in [0.05, 0.1) is 16.9 Å². The molecule has 0 saturated carbocycles. The van der Waals surface area contributed by atoms with Gasteiger partial charge in [-0.2, -0.15) is 0 Å². The highest BCUT2D eigenvalue weighted by Gasteiger charge is 2.45. The number of nitrogens with zero attached hydrogens (tertiary/aromatic N) is 4. The van der Waals surface area contributed by atoms with Crippen LogP contribution in [0.25, 0.3) is 6.08 Å². The standard InChI is InChI=1S/C43H43N5O3/c1-30-8-2-4-12-37(30)44-22-7-9-31-19-23-48(39-14-5-3-10-34(39)26-31)42(50)32-15-17-35(18-16-32)45-41(49)36-27-33-11-6-13-38(33)46-40(36)47-28-43(29-47)20-24-51-25-21-43/h2-5,7-10,12,14-18,22,26-27H,6,11,13,19-21,23-25,28-29H2,1H3,(H,45,49). The fraction of sp³-hybridized carbons (Fsp3) is 0.302. The molecule has 1 aliphatic carbocycles. The number of fused-ring (bicyclic) bond motifs is 2. The summed E-state index contributed by atoms with van der Waals surface area (Å²) < 4.78 is 5.61. The molecule has 3 aliphatic heterocycles. The van der Waals surface area contributed by atoms with Gasteiger partial charge in [-0.25, -0.2) is 4.98 Å². The highest BCUT2D eigenvalue weighted by Crippen LogP contribution is 2.43. The van der Waals surface area contributed by atoms with Crippen LogP contribution in [0.15, 0.2) is 102 Å². The fourth-order valence-electron chi connectivity index (χ4n) is 7.78. The third-order valence-electron chi connectivity index (χ3n) is 10.7. The molecule has 0 bridgehead atoms. The van der Waals surface area contributed by atoms with Crippen LogP contribution in [0, 0.1) is 12.3 Å². The van der Waals surface area contributed by atoms with Gasteiger partial charge in [0.1, 0.15) is 5.82 Å². The van der Waals surface area contributed by atoms with Crippen LogP contribution in [-0.4, -0.2) is 55.9 Å². The van der Waals surface area contributed by atoms with E-state index in [4.69, 9.17) is 9.72 Å². The van der Waals surface area contributed by atoms with Crippen LogP contribution in [0.3, 0.4) is 0 Å². The summed E-state index contributed by atoms with van der Waals surface area (Å²) in [4.78, 5) is 41.5. The summed E-state index contributed by atoms with van der Waals surface area (Å²) in [5, 5.41) is 3.10. The van der Waals surface area contributed by atoms with E-state index in [1.165, 1.54) is 5.56 Å². The Bertz CT molecular complexity index is 2050. The van der Waals surface area contributed by atoms with Crippen molar-refractivity contribution in [1.29, 1.82) is 0 Å². The van der Waals surface area contributed by atoms with Crippen molar-refractivity contribution in [2.24, 2.45) is 10.4 Å². The lowest BCUT2D eigenvalue weighted by Gasteiger charge is -2.53. The SMILES string of the molecule is Cc1ccccc1N=CC=CC1=Cc2ccccc2N(C(=O)c2ccc(NC(=O)c3cc4c(nc3N3CC5(CCOCC5)C3)CCC4)cc2)CC1. The third-order valence-corrected chi connectivity index (χ3v) is 10.7. The van der Waals surface area contributed by atoms with Crippen LogP contribution in [0.4, 0.5) is 22.9 Å². The number of ether oxygens (including phenoxy) is 1. The summed E-state index contributed by atoms with van der Waals surface area (Å²) in [6.45, 7) is 6.03. The predicted molar refractivity (Wildman–Crippen MR) is 205 cm³/mol. The van der Waals surface area contributed by atoms with E-state index >= 15 is 0 Å². The number of aryl methyl sites for hydroxylation is 3. The molecule has 2 fully saturated rings. The lowest BCUT2D eigenvalue weighted by atomic mass is 9.73. The summed E-state index contributed by atoms with van der Waals surface area (Å²) in [5.74, 6) is 0.541. The Balaban J connectivity index is 0.953. The molecule has 4 aliphatic rings. The maximum Gasteiger partial charge on any atom is 0.259 e. The molecule has 0 atom stereocenters. The van der Waals surface area contributed by atoms with Gasteiger partial charge < -0.3 is 19.9 Å². The number of nitrogens with one attached hydrogen (secondary N) is 1. The first-order valence-electron chi connectivity index (χ1n) is 18.1. The summed E-state index contributed by atoms with van der Waals surface area (Å²) in [7, 11) is 0. The molecule has 4 aromatic rings. The minimum Gasteiger partial charge on any atom is -0.381 e. The zero-order valence-electron chi connectivity index (χ0n) is 29.1. The van der Waals surface area contributed by atoms with Gasteiger partial charge >= 0.3 is 0 Å². The van der Waals surface area contributed by atoms with Crippen molar-refractivity contribution >= 4 is 47.0 Å². The molecule has 51 heavy (non-hydrogen) atoms. The second kappa shape index (κ2) is 14.1. The van der Waals surface area contributed by atoms with Crippen molar-refractivity contribution in [3.05, 3.63) is 130 Å². The highest BCUT2D eigenvalue weighted by atomic mass is 16.5. The first-order valence-corrected chi connectivity index (χ1v) is 18.1. The molecule has 8 nitrogen and oxygen atoms in total. The monoisotopic (exact) mass is 677 g/mol. The normalized spacial score (nSPS) is 17.9. The molecule has 4 heterocycles. The molecule has 0 unspecified atom stereocenters. The molecule has 3 aromatic carbocycles. The van der Waals surface area contributed by atoms with Gasteiger partial charge in [0.25, 0.3) is 11.8 Å². The van der Waals surface area contributed by atoms with Gasteiger partial charge in [-0.3, -0.25) is 14.6 Å². The maximum absolute atomic E-state index is 14.0. The van der Waals surface area contributed by atoms with Gasteiger partial charge in [0, 0.05) is 61.4 Å². The van der Waals surface area contributed by atoms with E-state index in [2.05, 4.69) is 46.4 Å². The van der Waals surface area contributed by atoms with Crippen LogP contribution in [0.5, 0.6) is 0 Å². The minimum atomic E-state index is -0.170. The van der Waals surface area contributed by atoms with Crippen LogP contribution < -0.4 is 15.1 Å². The van der Waals surface area contributed by atoms with E-state index in [-0.39, 0.29) is 17.2 Å². The van der Waals surface area contributed by atoms with Crippen molar-refractivity contribution in [3.8, 4) is 0 Å². The Labute approximate surface area is 299 Å². The average Bonchev–Trinajstić information content (AvgIpc) is 3.53. The molecule has 1 spiro atoms. The molecule has 1 aromatic heterocycles. The van der Waals surface area contributed by atoms with Crippen molar-refractivity contribution in [2.75, 3.05) is 48.0 Å². The first kappa shape index (κ1) is 32.8. The number of benzene rings is 3. The van der Waals surface area contributed by atoms with Gasteiger partial charge in [-0.15, -0.1) is 0 Å².